The average molecular weight is 476 g/mol. The molecule has 0 unspecified atom stereocenters. The van der Waals surface area contributed by atoms with Crippen molar-refractivity contribution >= 4 is 10.6 Å². The monoisotopic (exact) mass is 475 g/mol. The van der Waals surface area contributed by atoms with Crippen LogP contribution in [0.3, 0.4) is 0 Å². The number of nitrogens with zero attached hydrogens (tertiary/aromatic N) is 1. The van der Waals surface area contributed by atoms with Crippen LogP contribution in [-0.2, 0) is 27.9 Å². The number of rotatable bonds is 14. The number of benzene rings is 2. The van der Waals surface area contributed by atoms with Crippen molar-refractivity contribution in [2.45, 2.75) is 50.6 Å². The minimum absolute atomic E-state index is 0.0610. The van der Waals surface area contributed by atoms with Crippen LogP contribution in [0.15, 0.2) is 61.2 Å². The summed E-state index contributed by atoms with van der Waals surface area (Å²) in [4.78, 5) is 0. The number of aliphatic hydroxyl groups excluding tert-OH is 2. The Morgan fingerprint density at radius 3 is 1.88 bits per heavy atom. The van der Waals surface area contributed by atoms with E-state index in [1.165, 1.54) is 0 Å². The van der Waals surface area contributed by atoms with E-state index in [4.69, 9.17) is 9.47 Å². The van der Waals surface area contributed by atoms with Gasteiger partial charge in [0.25, 0.3) is 0 Å². The average Bonchev–Trinajstić information content (AvgIpc) is 2.83. The number of methoxy groups -OCH3 is 2. The fraction of sp³-hybridized carbons (Fsp3) is 0.462. The lowest BCUT2D eigenvalue weighted by atomic mass is 9.98. The molecule has 2 rings (SSSR count). The fourth-order valence-corrected chi connectivity index (χ4v) is 5.54. The van der Waals surface area contributed by atoms with Crippen LogP contribution in [-0.4, -0.2) is 46.3 Å². The Balaban J connectivity index is 2.45. The summed E-state index contributed by atoms with van der Waals surface area (Å²) in [5.41, 5.74) is 2.03. The van der Waals surface area contributed by atoms with E-state index in [0.717, 1.165) is 22.6 Å². The molecule has 0 saturated carbocycles. The van der Waals surface area contributed by atoms with Gasteiger partial charge in [-0.1, -0.05) is 13.0 Å². The zero-order valence-corrected chi connectivity index (χ0v) is 20.7. The van der Waals surface area contributed by atoms with Gasteiger partial charge in [-0.15, -0.1) is 6.58 Å². The molecule has 6 nitrogen and oxygen atoms in total. The summed E-state index contributed by atoms with van der Waals surface area (Å²) in [5, 5.41) is 19.4. The first-order valence-electron chi connectivity index (χ1n) is 11.2. The molecule has 2 N–H and O–H groups in total. The molecule has 182 valence electrons. The van der Waals surface area contributed by atoms with E-state index in [1.807, 2.05) is 65.5 Å². The number of aliphatic hydroxyl groups is 2. The largest absolute Gasteiger partial charge is 0.497 e. The van der Waals surface area contributed by atoms with Crippen molar-refractivity contribution in [1.82, 2.24) is 0 Å². The highest BCUT2D eigenvalue weighted by molar-refractivity contribution is 7.73. The van der Waals surface area contributed by atoms with E-state index in [1.54, 1.807) is 14.2 Å². The van der Waals surface area contributed by atoms with Crippen LogP contribution in [0.25, 0.3) is 0 Å². The SMILES string of the molecule is C=CC[C@H](C)[C@@H](C[C@@H](O)CCO)[S-](=O)=[N+](Cc1ccc(OC)cc1)Cc1ccc(OC)cc1. The molecule has 7 heteroatoms. The molecule has 0 heterocycles. The molecule has 0 radical (unpaired) electrons. The normalized spacial score (nSPS) is 13.9. The van der Waals surface area contributed by atoms with Gasteiger partial charge in [-0.2, -0.15) is 0 Å². The van der Waals surface area contributed by atoms with Gasteiger partial charge in [0.1, 0.15) is 24.6 Å². The molecule has 2 aromatic rings. The first-order chi connectivity index (χ1) is 15.9. The second kappa shape index (κ2) is 14.0. The second-order valence-electron chi connectivity index (χ2n) is 8.21. The number of hydrogen-bond donors (Lipinski definition) is 2. The standard InChI is InChI=1S/C26H37NO5S/c1-5-6-20(2)26(17-23(29)15-16-28)33(30)27(18-21-7-11-24(31-3)12-8-21)19-22-9-13-25(32-4)14-10-22/h5,7-14,20,23,26,28-29H,1,6,15-19H2,2-4H3/t20-,23-,26+/m0/s1. The molecule has 0 aromatic heterocycles. The molecule has 0 fully saturated rings. The highest BCUT2D eigenvalue weighted by Gasteiger charge is 2.20. The lowest BCUT2D eigenvalue weighted by Gasteiger charge is -2.28. The van der Waals surface area contributed by atoms with Crippen LogP contribution < -0.4 is 9.47 Å². The third-order valence-corrected chi connectivity index (χ3v) is 7.63. The predicted octanol–water partition coefficient (Wildman–Crippen LogP) is 4.28. The van der Waals surface area contributed by atoms with Gasteiger partial charge < -0.3 is 27.8 Å². The number of allylic oxidation sites excluding steroid dienone is 1. The summed E-state index contributed by atoms with van der Waals surface area (Å²) in [6, 6.07) is 15.5. The Hall–Kier alpha value is -2.35. The smallest absolute Gasteiger partial charge is 0.149 e. The van der Waals surface area contributed by atoms with E-state index in [9.17, 15) is 14.4 Å². The minimum atomic E-state index is -1.39. The molecule has 3 atom stereocenters. The van der Waals surface area contributed by atoms with E-state index in [0.29, 0.717) is 25.9 Å². The second-order valence-corrected chi connectivity index (χ2v) is 9.89. The van der Waals surface area contributed by atoms with Gasteiger partial charge in [0.2, 0.25) is 0 Å². The summed E-state index contributed by atoms with van der Waals surface area (Å²) < 4.78 is 26.4. The first-order valence-corrected chi connectivity index (χ1v) is 12.4. The van der Waals surface area contributed by atoms with E-state index < -0.39 is 16.7 Å². The lowest BCUT2D eigenvalue weighted by Crippen LogP contribution is -2.30. The number of ether oxygens (including phenoxy) is 2. The van der Waals surface area contributed by atoms with Crippen molar-refractivity contribution < 1.29 is 27.8 Å². The van der Waals surface area contributed by atoms with Gasteiger partial charge in [-0.25, -0.2) is 0 Å². The molecular weight excluding hydrogens is 438 g/mol. The zero-order valence-electron chi connectivity index (χ0n) is 19.9. The summed E-state index contributed by atoms with van der Waals surface area (Å²) in [6.07, 6.45) is 2.43. The molecule has 0 saturated heterocycles. The Kier molecular flexibility index (Phi) is 11.4. The van der Waals surface area contributed by atoms with Crippen LogP contribution >= 0.6 is 0 Å². The maximum absolute atomic E-state index is 13.9. The third kappa shape index (κ3) is 8.50. The summed E-state index contributed by atoms with van der Waals surface area (Å²) in [5.74, 6) is 1.60. The van der Waals surface area contributed by atoms with E-state index in [-0.39, 0.29) is 24.2 Å². The molecule has 0 bridgehead atoms. The molecule has 0 aliphatic heterocycles. The maximum Gasteiger partial charge on any atom is 0.149 e. The lowest BCUT2D eigenvalue weighted by molar-refractivity contribution is -0.536. The Labute approximate surface area is 199 Å². The molecule has 2 aromatic carbocycles. The van der Waals surface area contributed by atoms with Crippen LogP contribution in [0.2, 0.25) is 0 Å². The Bertz CT molecular complexity index is 885. The van der Waals surface area contributed by atoms with Gasteiger partial charge in [-0.3, -0.25) is 0 Å². The van der Waals surface area contributed by atoms with Crippen LogP contribution in [0.1, 0.15) is 37.3 Å². The van der Waals surface area contributed by atoms with Gasteiger partial charge in [0.15, 0.2) is 0 Å². The van der Waals surface area contributed by atoms with Crippen molar-refractivity contribution in [3.05, 3.63) is 72.3 Å². The maximum atomic E-state index is 13.9. The van der Waals surface area contributed by atoms with Crippen LogP contribution in [0.4, 0.5) is 0 Å². The Morgan fingerprint density at radius 2 is 1.48 bits per heavy atom. The third-order valence-electron chi connectivity index (χ3n) is 5.69. The topological polar surface area (TPSA) is 79.0 Å². The fourth-order valence-electron chi connectivity index (χ4n) is 3.71. The zero-order chi connectivity index (χ0) is 24.2. The molecule has 0 spiro atoms. The van der Waals surface area contributed by atoms with Gasteiger partial charge in [-0.05, 0) is 89.6 Å². The van der Waals surface area contributed by atoms with Crippen molar-refractivity contribution in [2.24, 2.45) is 5.92 Å². The van der Waals surface area contributed by atoms with Crippen LogP contribution in [0.5, 0.6) is 11.5 Å². The van der Waals surface area contributed by atoms with Gasteiger partial charge >= 0.3 is 0 Å². The van der Waals surface area contributed by atoms with Crippen molar-refractivity contribution in [2.75, 3.05) is 20.8 Å². The quantitative estimate of drug-likeness (QED) is 0.242. The molecule has 33 heavy (non-hydrogen) atoms. The Morgan fingerprint density at radius 1 is 1.00 bits per heavy atom. The highest BCUT2D eigenvalue weighted by Crippen LogP contribution is 2.22. The van der Waals surface area contributed by atoms with Gasteiger partial charge in [0, 0.05) is 17.7 Å². The summed E-state index contributed by atoms with van der Waals surface area (Å²) in [6.45, 7) is 6.73. The minimum Gasteiger partial charge on any atom is -0.497 e. The van der Waals surface area contributed by atoms with Crippen LogP contribution in [0, 0.1) is 5.92 Å². The summed E-state index contributed by atoms with van der Waals surface area (Å²) >= 11 is 0. The molecule has 0 aliphatic rings. The first kappa shape index (κ1) is 26.9. The predicted molar refractivity (Wildman–Crippen MR) is 132 cm³/mol. The van der Waals surface area contributed by atoms with Gasteiger partial charge in [0.05, 0.1) is 20.3 Å². The van der Waals surface area contributed by atoms with E-state index in [2.05, 4.69) is 6.58 Å². The highest BCUT2D eigenvalue weighted by atomic mass is 32.2. The van der Waals surface area contributed by atoms with E-state index >= 15 is 0 Å². The van der Waals surface area contributed by atoms with Crippen molar-refractivity contribution in [3.8, 4) is 11.5 Å². The van der Waals surface area contributed by atoms with Crippen molar-refractivity contribution in [3.63, 3.8) is 0 Å². The summed E-state index contributed by atoms with van der Waals surface area (Å²) in [7, 11) is 1.87. The molecule has 0 aliphatic carbocycles. The molecule has 0 amide bonds. The molecular formula is C26H37NO5S. The van der Waals surface area contributed by atoms with Crippen molar-refractivity contribution in [1.29, 1.82) is 0 Å². The number of hydrogen-bond acceptors (Lipinski definition) is 6.